The highest BCUT2D eigenvalue weighted by atomic mass is 19.4. The molecule has 0 fully saturated rings. The zero-order valence-electron chi connectivity index (χ0n) is 10.7. The van der Waals surface area contributed by atoms with E-state index in [9.17, 15) is 23.1 Å². The Labute approximate surface area is 117 Å². The van der Waals surface area contributed by atoms with Crippen molar-refractivity contribution in [2.45, 2.75) is 6.18 Å². The van der Waals surface area contributed by atoms with E-state index in [4.69, 9.17) is 5.11 Å². The second-order valence-corrected chi connectivity index (χ2v) is 4.28. The van der Waals surface area contributed by atoms with E-state index in [0.29, 0.717) is 4.90 Å². The molecule has 0 saturated carbocycles. The van der Waals surface area contributed by atoms with E-state index in [1.807, 2.05) is 0 Å². The molecule has 0 amide bonds. The van der Waals surface area contributed by atoms with Crippen LogP contribution in [0.2, 0.25) is 0 Å². The molecule has 0 bridgehead atoms. The first kappa shape index (κ1) is 15.1. The number of pyridine rings is 1. The van der Waals surface area contributed by atoms with Gasteiger partial charge in [0.15, 0.2) is 11.5 Å². The summed E-state index contributed by atoms with van der Waals surface area (Å²) >= 11 is 0. The first-order chi connectivity index (χ1) is 9.83. The van der Waals surface area contributed by atoms with Crippen LogP contribution in [0.1, 0.15) is 10.5 Å². The number of carbonyl (C=O) groups is 1. The Balaban J connectivity index is 2.56. The van der Waals surface area contributed by atoms with Crippen molar-refractivity contribution in [3.8, 4) is 0 Å². The van der Waals surface area contributed by atoms with Crippen molar-refractivity contribution in [1.82, 2.24) is 9.38 Å². The first-order valence-corrected chi connectivity index (χ1v) is 5.96. The number of nitrogens with zero attached hydrogens (tertiary/aromatic N) is 3. The fraction of sp³-hybridized carbons (Fsp3) is 0.333. The number of anilines is 1. The Bertz CT molecular complexity index is 654. The van der Waals surface area contributed by atoms with E-state index in [0.717, 1.165) is 0 Å². The Morgan fingerprint density at radius 2 is 2.10 bits per heavy atom. The average Bonchev–Trinajstić information content (AvgIpc) is 2.75. The maximum absolute atomic E-state index is 12.6. The Morgan fingerprint density at radius 1 is 1.38 bits per heavy atom. The predicted octanol–water partition coefficient (Wildman–Crippen LogP) is 1.39. The number of imidazole rings is 1. The number of hydrogen-bond donors (Lipinski definition) is 2. The number of carboxylic acids is 1. The first-order valence-electron chi connectivity index (χ1n) is 5.96. The third kappa shape index (κ3) is 3.24. The van der Waals surface area contributed by atoms with Gasteiger partial charge < -0.3 is 15.1 Å². The molecule has 0 spiro atoms. The molecule has 2 N–H and O–H groups in total. The molecule has 0 atom stereocenters. The van der Waals surface area contributed by atoms with E-state index >= 15 is 0 Å². The lowest BCUT2D eigenvalue weighted by atomic mass is 10.3. The van der Waals surface area contributed by atoms with Gasteiger partial charge in [-0.25, -0.2) is 9.78 Å². The molecule has 0 aliphatic heterocycles. The standard InChI is InChI=1S/C12H12F3N3O3/c13-12(14,15)7-17(5-6-19)10-9(11(20)21)18-4-2-1-3-8(18)16-10/h1-4,19H,5-7H2,(H,20,21). The number of alkyl halides is 3. The fourth-order valence-electron chi connectivity index (χ4n) is 2.00. The summed E-state index contributed by atoms with van der Waals surface area (Å²) in [7, 11) is 0. The Kier molecular flexibility index (Phi) is 4.03. The summed E-state index contributed by atoms with van der Waals surface area (Å²) < 4.78 is 39.0. The van der Waals surface area contributed by atoms with Crippen molar-refractivity contribution in [2.75, 3.05) is 24.6 Å². The van der Waals surface area contributed by atoms with Crippen LogP contribution in [-0.4, -0.2) is 51.4 Å². The lowest BCUT2D eigenvalue weighted by Crippen LogP contribution is -2.37. The smallest absolute Gasteiger partial charge is 0.405 e. The molecule has 2 rings (SSSR count). The van der Waals surface area contributed by atoms with Crippen LogP contribution < -0.4 is 4.90 Å². The molecule has 21 heavy (non-hydrogen) atoms. The second kappa shape index (κ2) is 5.60. The van der Waals surface area contributed by atoms with E-state index in [2.05, 4.69) is 4.98 Å². The minimum absolute atomic E-state index is 0.218. The molecule has 9 heteroatoms. The van der Waals surface area contributed by atoms with E-state index in [-0.39, 0.29) is 23.7 Å². The lowest BCUT2D eigenvalue weighted by Gasteiger charge is -2.23. The highest BCUT2D eigenvalue weighted by Crippen LogP contribution is 2.25. The summed E-state index contributed by atoms with van der Waals surface area (Å²) in [5.74, 6) is -1.71. The summed E-state index contributed by atoms with van der Waals surface area (Å²) in [6.07, 6.45) is -3.14. The number of carboxylic acid groups (broad SMARTS) is 1. The van der Waals surface area contributed by atoms with Gasteiger partial charge in [0.05, 0.1) is 6.61 Å². The number of halogens is 3. The van der Waals surface area contributed by atoms with E-state index in [1.54, 1.807) is 12.1 Å². The van der Waals surface area contributed by atoms with Crippen LogP contribution in [0.5, 0.6) is 0 Å². The van der Waals surface area contributed by atoms with Crippen molar-refractivity contribution in [1.29, 1.82) is 0 Å². The molecule has 0 aromatic carbocycles. The van der Waals surface area contributed by atoms with Gasteiger partial charge in [-0.3, -0.25) is 4.40 Å². The van der Waals surface area contributed by atoms with E-state index < -0.39 is 25.3 Å². The number of aromatic nitrogens is 2. The molecule has 0 unspecified atom stereocenters. The zero-order chi connectivity index (χ0) is 15.6. The topological polar surface area (TPSA) is 78.1 Å². The van der Waals surface area contributed by atoms with Crippen LogP contribution in [0.3, 0.4) is 0 Å². The minimum atomic E-state index is -4.54. The number of fused-ring (bicyclic) bond motifs is 1. The maximum atomic E-state index is 12.6. The molecule has 0 radical (unpaired) electrons. The van der Waals surface area contributed by atoms with Crippen LogP contribution in [0.25, 0.3) is 5.65 Å². The summed E-state index contributed by atoms with van der Waals surface area (Å²) in [6, 6.07) is 4.63. The molecule has 0 saturated heterocycles. The number of hydrogen-bond acceptors (Lipinski definition) is 4. The Morgan fingerprint density at radius 3 is 2.67 bits per heavy atom. The molecule has 0 aliphatic rings. The largest absolute Gasteiger partial charge is 0.476 e. The molecule has 0 aliphatic carbocycles. The van der Waals surface area contributed by atoms with Gasteiger partial charge in [-0.05, 0) is 12.1 Å². The average molecular weight is 303 g/mol. The number of aliphatic hydroxyl groups is 1. The van der Waals surface area contributed by atoms with Crippen LogP contribution in [-0.2, 0) is 0 Å². The van der Waals surface area contributed by atoms with Gasteiger partial charge in [-0.2, -0.15) is 13.2 Å². The summed E-state index contributed by atoms with van der Waals surface area (Å²) in [5, 5.41) is 18.1. The fourth-order valence-corrected chi connectivity index (χ4v) is 2.00. The molecule has 6 nitrogen and oxygen atoms in total. The predicted molar refractivity (Wildman–Crippen MR) is 67.5 cm³/mol. The molecule has 2 aromatic heterocycles. The lowest BCUT2D eigenvalue weighted by molar-refractivity contribution is -0.120. The molecule has 2 heterocycles. The minimum Gasteiger partial charge on any atom is -0.476 e. The van der Waals surface area contributed by atoms with Crippen molar-refractivity contribution in [3.63, 3.8) is 0 Å². The van der Waals surface area contributed by atoms with Gasteiger partial charge in [0.1, 0.15) is 12.2 Å². The highest BCUT2D eigenvalue weighted by Gasteiger charge is 2.34. The molecular weight excluding hydrogens is 291 g/mol. The van der Waals surface area contributed by atoms with Gasteiger partial charge in [-0.15, -0.1) is 0 Å². The molecule has 2 aromatic rings. The highest BCUT2D eigenvalue weighted by molar-refractivity contribution is 5.93. The normalized spacial score (nSPS) is 11.8. The molecular formula is C12H12F3N3O3. The SMILES string of the molecule is O=C(O)c1c(N(CCO)CC(F)(F)F)nc2ccccn12. The van der Waals surface area contributed by atoms with Crippen LogP contribution in [0.15, 0.2) is 24.4 Å². The van der Waals surface area contributed by atoms with E-state index in [1.165, 1.54) is 16.7 Å². The Hall–Kier alpha value is -2.29. The van der Waals surface area contributed by atoms with Gasteiger partial charge in [-0.1, -0.05) is 6.07 Å². The van der Waals surface area contributed by atoms with Crippen LogP contribution in [0.4, 0.5) is 19.0 Å². The summed E-state index contributed by atoms with van der Waals surface area (Å²) in [4.78, 5) is 16.0. The van der Waals surface area contributed by atoms with Gasteiger partial charge >= 0.3 is 12.1 Å². The second-order valence-electron chi connectivity index (χ2n) is 4.28. The number of aliphatic hydroxyl groups excluding tert-OH is 1. The van der Waals surface area contributed by atoms with Crippen LogP contribution in [0, 0.1) is 0 Å². The monoisotopic (exact) mass is 303 g/mol. The quantitative estimate of drug-likeness (QED) is 0.873. The molecule has 114 valence electrons. The van der Waals surface area contributed by atoms with Crippen molar-refractivity contribution < 1.29 is 28.2 Å². The van der Waals surface area contributed by atoms with Gasteiger partial charge in [0, 0.05) is 12.7 Å². The van der Waals surface area contributed by atoms with Crippen molar-refractivity contribution in [2.24, 2.45) is 0 Å². The van der Waals surface area contributed by atoms with Crippen molar-refractivity contribution >= 4 is 17.4 Å². The van der Waals surface area contributed by atoms with Gasteiger partial charge in [0.25, 0.3) is 0 Å². The summed E-state index contributed by atoms with van der Waals surface area (Å²) in [5.41, 5.74) is -0.154. The number of rotatable bonds is 5. The van der Waals surface area contributed by atoms with Crippen molar-refractivity contribution in [3.05, 3.63) is 30.1 Å². The van der Waals surface area contributed by atoms with Crippen LogP contribution >= 0.6 is 0 Å². The third-order valence-corrected chi connectivity index (χ3v) is 2.75. The van der Waals surface area contributed by atoms with Gasteiger partial charge in [0.2, 0.25) is 0 Å². The third-order valence-electron chi connectivity index (χ3n) is 2.75. The zero-order valence-corrected chi connectivity index (χ0v) is 10.7. The number of aromatic carboxylic acids is 1. The maximum Gasteiger partial charge on any atom is 0.405 e. The summed E-state index contributed by atoms with van der Waals surface area (Å²) in [6.45, 7) is -2.32.